The van der Waals surface area contributed by atoms with Gasteiger partial charge in [0.15, 0.2) is 5.82 Å². The monoisotopic (exact) mass is 349 g/mol. The molecule has 134 valence electrons. The molecule has 0 bridgehead atoms. The summed E-state index contributed by atoms with van der Waals surface area (Å²) in [5.41, 5.74) is 5.33. The zero-order chi connectivity index (χ0) is 18.5. The summed E-state index contributed by atoms with van der Waals surface area (Å²) in [6, 6.07) is 14.1. The van der Waals surface area contributed by atoms with Gasteiger partial charge in [0, 0.05) is 5.69 Å². The molecule has 1 aromatic heterocycles. The fraction of sp³-hybridized carbons (Fsp3) is 0.300. The summed E-state index contributed by atoms with van der Waals surface area (Å²) < 4.78 is 0. The Kier molecular flexibility index (Phi) is 5.41. The number of hydrogen-bond acceptors (Lipinski definition) is 4. The minimum absolute atomic E-state index is 0.139. The van der Waals surface area contributed by atoms with Gasteiger partial charge in [0.25, 0.3) is 0 Å². The fourth-order valence-corrected chi connectivity index (χ4v) is 2.87. The SMILES string of the molecule is CCc1ccc(C[C@H](C(=O)Nc2cccc(C)c2C)c2nn[nH]n2)cc1. The largest absolute Gasteiger partial charge is 0.325 e. The van der Waals surface area contributed by atoms with Crippen LogP contribution in [0.3, 0.4) is 0 Å². The van der Waals surface area contributed by atoms with Crippen LogP contribution in [-0.4, -0.2) is 26.5 Å². The van der Waals surface area contributed by atoms with E-state index in [1.54, 1.807) is 0 Å². The molecule has 2 N–H and O–H groups in total. The first-order valence-electron chi connectivity index (χ1n) is 8.76. The summed E-state index contributed by atoms with van der Waals surface area (Å²) in [5, 5.41) is 17.2. The maximum Gasteiger partial charge on any atom is 0.235 e. The molecule has 1 amide bonds. The number of carbonyl (C=O) groups is 1. The Morgan fingerprint density at radius 2 is 1.85 bits per heavy atom. The Morgan fingerprint density at radius 1 is 1.12 bits per heavy atom. The Hall–Kier alpha value is -3.02. The second kappa shape index (κ2) is 7.91. The van der Waals surface area contributed by atoms with Crippen LogP contribution in [0.25, 0.3) is 0 Å². The second-order valence-electron chi connectivity index (χ2n) is 6.43. The molecule has 2 aromatic carbocycles. The average molecular weight is 349 g/mol. The molecule has 0 saturated heterocycles. The standard InChI is InChI=1S/C20H23N5O/c1-4-15-8-10-16(11-9-15)12-17(19-22-24-25-23-19)20(26)21-18-7-5-6-13(2)14(18)3/h5-11,17H,4,12H2,1-3H3,(H,21,26)(H,22,23,24,25)/t17-/m0/s1. The van der Waals surface area contributed by atoms with Crippen LogP contribution in [-0.2, 0) is 17.6 Å². The minimum atomic E-state index is -0.513. The maximum absolute atomic E-state index is 13.0. The third-order valence-corrected chi connectivity index (χ3v) is 4.72. The Morgan fingerprint density at radius 3 is 2.50 bits per heavy atom. The van der Waals surface area contributed by atoms with Gasteiger partial charge < -0.3 is 5.32 Å². The highest BCUT2D eigenvalue weighted by molar-refractivity contribution is 5.96. The van der Waals surface area contributed by atoms with Crippen molar-refractivity contribution in [3.05, 3.63) is 70.5 Å². The van der Waals surface area contributed by atoms with Crippen LogP contribution in [0.1, 0.15) is 40.9 Å². The van der Waals surface area contributed by atoms with Crippen molar-refractivity contribution >= 4 is 11.6 Å². The molecule has 1 heterocycles. The summed E-state index contributed by atoms with van der Waals surface area (Å²) in [6.07, 6.45) is 1.50. The van der Waals surface area contributed by atoms with Gasteiger partial charge in [-0.15, -0.1) is 10.2 Å². The van der Waals surface area contributed by atoms with E-state index in [9.17, 15) is 4.79 Å². The number of tetrazole rings is 1. The van der Waals surface area contributed by atoms with Gasteiger partial charge in [0.1, 0.15) is 5.92 Å². The zero-order valence-corrected chi connectivity index (χ0v) is 15.3. The summed E-state index contributed by atoms with van der Waals surface area (Å²) in [7, 11) is 0. The van der Waals surface area contributed by atoms with Crippen LogP contribution >= 0.6 is 0 Å². The van der Waals surface area contributed by atoms with E-state index < -0.39 is 5.92 Å². The molecular formula is C20H23N5O. The van der Waals surface area contributed by atoms with Crippen molar-refractivity contribution in [1.29, 1.82) is 0 Å². The lowest BCUT2D eigenvalue weighted by molar-refractivity contribution is -0.117. The third kappa shape index (κ3) is 3.96. The molecule has 0 unspecified atom stereocenters. The van der Waals surface area contributed by atoms with Gasteiger partial charge in [-0.25, -0.2) is 0 Å². The van der Waals surface area contributed by atoms with Crippen molar-refractivity contribution in [2.24, 2.45) is 0 Å². The molecular weight excluding hydrogens is 326 g/mol. The summed E-state index contributed by atoms with van der Waals surface area (Å²) in [6.45, 7) is 6.14. The number of benzene rings is 2. The molecule has 0 saturated carbocycles. The molecule has 0 aliphatic rings. The summed E-state index contributed by atoms with van der Waals surface area (Å²) >= 11 is 0. The molecule has 0 radical (unpaired) electrons. The van der Waals surface area contributed by atoms with E-state index in [1.807, 2.05) is 32.0 Å². The summed E-state index contributed by atoms with van der Waals surface area (Å²) in [4.78, 5) is 13.0. The van der Waals surface area contributed by atoms with E-state index in [0.717, 1.165) is 28.8 Å². The highest BCUT2D eigenvalue weighted by Gasteiger charge is 2.26. The number of carbonyl (C=O) groups excluding carboxylic acids is 1. The van der Waals surface area contributed by atoms with Crippen LogP contribution < -0.4 is 5.32 Å². The van der Waals surface area contributed by atoms with Crippen molar-refractivity contribution in [3.63, 3.8) is 0 Å². The molecule has 3 aromatic rings. The van der Waals surface area contributed by atoms with E-state index in [4.69, 9.17) is 0 Å². The van der Waals surface area contributed by atoms with Crippen molar-refractivity contribution in [2.75, 3.05) is 5.32 Å². The van der Waals surface area contributed by atoms with E-state index in [2.05, 4.69) is 57.1 Å². The lowest BCUT2D eigenvalue weighted by Gasteiger charge is -2.16. The lowest BCUT2D eigenvalue weighted by Crippen LogP contribution is -2.24. The number of amides is 1. The topological polar surface area (TPSA) is 83.6 Å². The molecule has 26 heavy (non-hydrogen) atoms. The van der Waals surface area contributed by atoms with Crippen molar-refractivity contribution < 1.29 is 4.79 Å². The lowest BCUT2D eigenvalue weighted by atomic mass is 9.96. The third-order valence-electron chi connectivity index (χ3n) is 4.72. The molecule has 6 nitrogen and oxygen atoms in total. The maximum atomic E-state index is 13.0. The van der Waals surface area contributed by atoms with Crippen LogP contribution in [0, 0.1) is 13.8 Å². The van der Waals surface area contributed by atoms with E-state index in [1.165, 1.54) is 5.56 Å². The molecule has 3 rings (SSSR count). The quantitative estimate of drug-likeness (QED) is 0.715. The molecule has 0 aliphatic heterocycles. The Labute approximate surface area is 153 Å². The van der Waals surface area contributed by atoms with Gasteiger partial charge in [0.05, 0.1) is 0 Å². The molecule has 0 spiro atoms. The Bertz CT molecular complexity index is 872. The number of rotatable bonds is 6. The number of aromatic nitrogens is 4. The number of aromatic amines is 1. The van der Waals surface area contributed by atoms with Gasteiger partial charge in [0.2, 0.25) is 5.91 Å². The van der Waals surface area contributed by atoms with Gasteiger partial charge >= 0.3 is 0 Å². The van der Waals surface area contributed by atoms with Gasteiger partial charge in [-0.1, -0.05) is 48.5 Å². The molecule has 1 atom stereocenters. The Balaban J connectivity index is 1.83. The van der Waals surface area contributed by atoms with E-state index >= 15 is 0 Å². The highest BCUT2D eigenvalue weighted by atomic mass is 16.1. The van der Waals surface area contributed by atoms with Crippen LogP contribution in [0.4, 0.5) is 5.69 Å². The van der Waals surface area contributed by atoms with Crippen LogP contribution in [0.5, 0.6) is 0 Å². The van der Waals surface area contributed by atoms with Gasteiger partial charge in [-0.05, 0) is 55.0 Å². The predicted molar refractivity (Wildman–Crippen MR) is 101 cm³/mol. The van der Waals surface area contributed by atoms with Crippen LogP contribution in [0.2, 0.25) is 0 Å². The number of nitrogens with one attached hydrogen (secondary N) is 2. The summed E-state index contributed by atoms with van der Waals surface area (Å²) in [5.74, 6) is -0.256. The van der Waals surface area contributed by atoms with Crippen molar-refractivity contribution in [1.82, 2.24) is 20.6 Å². The number of H-pyrrole nitrogens is 1. The van der Waals surface area contributed by atoms with Crippen molar-refractivity contribution in [3.8, 4) is 0 Å². The van der Waals surface area contributed by atoms with Crippen molar-refractivity contribution in [2.45, 2.75) is 39.5 Å². The van der Waals surface area contributed by atoms with Gasteiger partial charge in [-0.2, -0.15) is 5.21 Å². The predicted octanol–water partition coefficient (Wildman–Crippen LogP) is 3.34. The number of nitrogens with zero attached hydrogens (tertiary/aromatic N) is 3. The van der Waals surface area contributed by atoms with E-state index in [-0.39, 0.29) is 5.91 Å². The zero-order valence-electron chi connectivity index (χ0n) is 15.3. The normalized spacial score (nSPS) is 12.0. The van der Waals surface area contributed by atoms with Crippen LogP contribution in [0.15, 0.2) is 42.5 Å². The average Bonchev–Trinajstić information content (AvgIpc) is 3.18. The minimum Gasteiger partial charge on any atom is -0.325 e. The highest BCUT2D eigenvalue weighted by Crippen LogP contribution is 2.23. The molecule has 6 heteroatoms. The van der Waals surface area contributed by atoms with E-state index in [0.29, 0.717) is 12.2 Å². The smallest absolute Gasteiger partial charge is 0.235 e. The number of hydrogen-bond donors (Lipinski definition) is 2. The fourth-order valence-electron chi connectivity index (χ4n) is 2.87. The number of anilines is 1. The number of aryl methyl sites for hydroxylation is 2. The van der Waals surface area contributed by atoms with Gasteiger partial charge in [-0.3, -0.25) is 4.79 Å². The second-order valence-corrected chi connectivity index (χ2v) is 6.43. The first kappa shape index (κ1) is 17.8. The first-order chi connectivity index (χ1) is 12.6. The first-order valence-corrected chi connectivity index (χ1v) is 8.76. The molecule has 0 fully saturated rings. The molecule has 0 aliphatic carbocycles.